The summed E-state index contributed by atoms with van der Waals surface area (Å²) in [6.07, 6.45) is 3.24. The van der Waals surface area contributed by atoms with Gasteiger partial charge in [0.25, 0.3) is 0 Å². The highest BCUT2D eigenvalue weighted by Gasteiger charge is 2.15. The Kier molecular flexibility index (Phi) is 6.85. The highest BCUT2D eigenvalue weighted by Crippen LogP contribution is 2.37. The van der Waals surface area contributed by atoms with Crippen LogP contribution >= 0.6 is 11.6 Å². The van der Waals surface area contributed by atoms with Crippen LogP contribution in [0.3, 0.4) is 0 Å². The fraction of sp³-hybridized carbons (Fsp3) is 0.143. The molecule has 4 aromatic rings. The smallest absolute Gasteiger partial charge is 0.248 e. The molecule has 0 unspecified atom stereocenters. The Morgan fingerprint density at radius 3 is 2.38 bits per heavy atom. The number of Topliss-reactive ketones (excluding diaryl/α,β-unsaturated/α-hetero) is 1. The number of benzene rings is 3. The fourth-order valence-corrected chi connectivity index (χ4v) is 3.86. The Balaban J connectivity index is 1.67. The van der Waals surface area contributed by atoms with Crippen LogP contribution in [0.5, 0.6) is 5.75 Å². The van der Waals surface area contributed by atoms with E-state index in [4.69, 9.17) is 20.8 Å². The van der Waals surface area contributed by atoms with E-state index in [1.54, 1.807) is 30.5 Å². The largest absolute Gasteiger partial charge is 0.493 e. The van der Waals surface area contributed by atoms with Crippen LogP contribution in [0.15, 0.2) is 77.4 Å². The van der Waals surface area contributed by atoms with E-state index in [1.165, 1.54) is 13.0 Å². The third kappa shape index (κ3) is 5.05. The van der Waals surface area contributed by atoms with Crippen molar-refractivity contribution < 1.29 is 18.7 Å². The maximum absolute atomic E-state index is 12.7. The van der Waals surface area contributed by atoms with Gasteiger partial charge >= 0.3 is 0 Å². The SMILES string of the molecule is CCOc1cc2occ(-c3ccc(Cl)cc3)c2cc1/C(C)=C/C(=O)Nc1ccc(C(C)=O)cc1. The van der Waals surface area contributed by atoms with Crippen molar-refractivity contribution in [3.8, 4) is 16.9 Å². The van der Waals surface area contributed by atoms with Crippen molar-refractivity contribution in [1.82, 2.24) is 0 Å². The second-order valence-corrected chi connectivity index (χ2v) is 8.32. The van der Waals surface area contributed by atoms with Gasteiger partial charge in [-0.05, 0) is 74.4 Å². The molecule has 172 valence electrons. The third-order valence-electron chi connectivity index (χ3n) is 5.46. The predicted octanol–water partition coefficient (Wildman–Crippen LogP) is 7.40. The van der Waals surface area contributed by atoms with Crippen molar-refractivity contribution in [2.75, 3.05) is 11.9 Å². The van der Waals surface area contributed by atoms with E-state index < -0.39 is 0 Å². The number of nitrogens with one attached hydrogen (secondary N) is 1. The van der Waals surface area contributed by atoms with E-state index in [9.17, 15) is 9.59 Å². The van der Waals surface area contributed by atoms with Crippen LogP contribution in [0, 0.1) is 0 Å². The molecule has 3 aromatic carbocycles. The number of rotatable bonds is 7. The molecule has 5 nitrogen and oxygen atoms in total. The zero-order valence-corrected chi connectivity index (χ0v) is 19.9. The summed E-state index contributed by atoms with van der Waals surface area (Å²) < 4.78 is 11.7. The first-order chi connectivity index (χ1) is 16.4. The highest BCUT2D eigenvalue weighted by atomic mass is 35.5. The number of furan rings is 1. The number of allylic oxidation sites excluding steroid dienone is 1. The molecule has 0 saturated heterocycles. The number of hydrogen-bond donors (Lipinski definition) is 1. The van der Waals surface area contributed by atoms with Crippen molar-refractivity contribution in [3.05, 3.63) is 89.2 Å². The molecule has 0 spiro atoms. The zero-order chi connectivity index (χ0) is 24.2. The molecular formula is C28H24ClNO4. The summed E-state index contributed by atoms with van der Waals surface area (Å²) in [5.74, 6) is 0.338. The summed E-state index contributed by atoms with van der Waals surface area (Å²) >= 11 is 6.04. The standard InChI is InChI=1S/C28H24ClNO4/c1-4-33-26-15-27-24(25(16-34-27)20-5-9-21(29)10-6-20)14-23(26)17(2)13-28(32)30-22-11-7-19(8-12-22)18(3)31/h5-16H,4H2,1-3H3,(H,30,32)/b17-13+. The number of carbonyl (C=O) groups is 2. The van der Waals surface area contributed by atoms with Crippen LogP contribution in [-0.2, 0) is 4.79 Å². The average Bonchev–Trinajstić information content (AvgIpc) is 3.22. The number of hydrogen-bond acceptors (Lipinski definition) is 4. The summed E-state index contributed by atoms with van der Waals surface area (Å²) in [7, 11) is 0. The van der Waals surface area contributed by atoms with Crippen LogP contribution in [0.4, 0.5) is 5.69 Å². The van der Waals surface area contributed by atoms with E-state index in [0.29, 0.717) is 34.2 Å². The van der Waals surface area contributed by atoms with Gasteiger partial charge in [-0.2, -0.15) is 0 Å². The number of fused-ring (bicyclic) bond motifs is 1. The van der Waals surface area contributed by atoms with Gasteiger partial charge in [0.2, 0.25) is 5.91 Å². The zero-order valence-electron chi connectivity index (χ0n) is 19.1. The van der Waals surface area contributed by atoms with Gasteiger partial charge in [0.1, 0.15) is 11.3 Å². The van der Waals surface area contributed by atoms with Crippen LogP contribution in [0.25, 0.3) is 27.7 Å². The summed E-state index contributed by atoms with van der Waals surface area (Å²) in [5.41, 5.74) is 5.35. The van der Waals surface area contributed by atoms with Gasteiger partial charge in [0, 0.05) is 44.9 Å². The molecule has 0 aliphatic carbocycles. The third-order valence-corrected chi connectivity index (χ3v) is 5.71. The van der Waals surface area contributed by atoms with Crippen LogP contribution in [-0.4, -0.2) is 18.3 Å². The van der Waals surface area contributed by atoms with Gasteiger partial charge in [-0.15, -0.1) is 0 Å². The van der Waals surface area contributed by atoms with Crippen molar-refractivity contribution in [2.24, 2.45) is 0 Å². The van der Waals surface area contributed by atoms with E-state index in [2.05, 4.69) is 5.32 Å². The highest BCUT2D eigenvalue weighted by molar-refractivity contribution is 6.30. The lowest BCUT2D eigenvalue weighted by molar-refractivity contribution is -0.111. The van der Waals surface area contributed by atoms with Crippen molar-refractivity contribution in [1.29, 1.82) is 0 Å². The predicted molar refractivity (Wildman–Crippen MR) is 137 cm³/mol. The Hall–Kier alpha value is -3.83. The fourth-order valence-electron chi connectivity index (χ4n) is 3.73. The molecule has 1 amide bonds. The minimum atomic E-state index is -0.277. The van der Waals surface area contributed by atoms with Crippen LogP contribution in [0.2, 0.25) is 5.02 Å². The number of ether oxygens (including phenoxy) is 1. The van der Waals surface area contributed by atoms with E-state index >= 15 is 0 Å². The van der Waals surface area contributed by atoms with Crippen molar-refractivity contribution in [2.45, 2.75) is 20.8 Å². The molecule has 0 radical (unpaired) electrons. The van der Waals surface area contributed by atoms with Gasteiger partial charge in [0.15, 0.2) is 5.78 Å². The molecule has 1 aromatic heterocycles. The van der Waals surface area contributed by atoms with Crippen LogP contribution < -0.4 is 10.1 Å². The van der Waals surface area contributed by atoms with E-state index in [-0.39, 0.29) is 11.7 Å². The van der Waals surface area contributed by atoms with Gasteiger partial charge in [-0.1, -0.05) is 23.7 Å². The number of ketones is 1. The summed E-state index contributed by atoms with van der Waals surface area (Å²) in [6, 6.07) is 18.2. The lowest BCUT2D eigenvalue weighted by Crippen LogP contribution is -2.09. The molecule has 0 fully saturated rings. The molecule has 0 bridgehead atoms. The molecule has 1 N–H and O–H groups in total. The first-order valence-corrected chi connectivity index (χ1v) is 11.3. The number of carbonyl (C=O) groups excluding carboxylic acids is 2. The van der Waals surface area contributed by atoms with E-state index in [1.807, 2.05) is 50.2 Å². The number of amides is 1. The quantitative estimate of drug-likeness (QED) is 0.224. The molecule has 0 aliphatic heterocycles. The van der Waals surface area contributed by atoms with Crippen LogP contribution in [0.1, 0.15) is 36.7 Å². The Bertz CT molecular complexity index is 1380. The first kappa shape index (κ1) is 23.3. The summed E-state index contributed by atoms with van der Waals surface area (Å²) in [5, 5.41) is 4.41. The van der Waals surface area contributed by atoms with E-state index in [0.717, 1.165) is 27.6 Å². The number of anilines is 1. The monoisotopic (exact) mass is 473 g/mol. The topological polar surface area (TPSA) is 68.5 Å². The van der Waals surface area contributed by atoms with Crippen molar-refractivity contribution in [3.63, 3.8) is 0 Å². The molecule has 0 atom stereocenters. The Morgan fingerprint density at radius 2 is 1.74 bits per heavy atom. The summed E-state index contributed by atoms with van der Waals surface area (Å²) in [6.45, 7) is 5.76. The lowest BCUT2D eigenvalue weighted by atomic mass is 9.99. The summed E-state index contributed by atoms with van der Waals surface area (Å²) in [4.78, 5) is 24.1. The minimum Gasteiger partial charge on any atom is -0.493 e. The van der Waals surface area contributed by atoms with Crippen molar-refractivity contribution >= 4 is 45.5 Å². The minimum absolute atomic E-state index is 0.0234. The lowest BCUT2D eigenvalue weighted by Gasteiger charge is -2.12. The Labute approximate surface area is 203 Å². The number of halogens is 1. The second kappa shape index (κ2) is 9.98. The van der Waals surface area contributed by atoms with Gasteiger partial charge in [-0.25, -0.2) is 0 Å². The second-order valence-electron chi connectivity index (χ2n) is 7.88. The molecule has 1 heterocycles. The molecular weight excluding hydrogens is 450 g/mol. The molecule has 34 heavy (non-hydrogen) atoms. The maximum atomic E-state index is 12.7. The molecule has 0 saturated carbocycles. The Morgan fingerprint density at radius 1 is 1.03 bits per heavy atom. The normalized spacial score (nSPS) is 11.5. The molecule has 6 heteroatoms. The molecule has 4 rings (SSSR count). The van der Waals surface area contributed by atoms with Gasteiger partial charge in [-0.3, -0.25) is 9.59 Å². The maximum Gasteiger partial charge on any atom is 0.248 e. The van der Waals surface area contributed by atoms with Gasteiger partial charge < -0.3 is 14.5 Å². The first-order valence-electron chi connectivity index (χ1n) is 10.9. The average molecular weight is 474 g/mol. The van der Waals surface area contributed by atoms with Gasteiger partial charge in [0.05, 0.1) is 12.9 Å². The molecule has 0 aliphatic rings.